The van der Waals surface area contributed by atoms with Crippen LogP contribution in [0, 0.1) is 15.9 Å². The average Bonchev–Trinajstić information content (AvgIpc) is 3.17. The second-order valence-corrected chi connectivity index (χ2v) is 6.76. The number of nitro groups is 1. The molecule has 0 radical (unpaired) electrons. The Kier molecular flexibility index (Phi) is 6.26. The lowest BCUT2D eigenvalue weighted by molar-refractivity contribution is -0.385. The number of amides is 2. The SMILES string of the molecule is NC(=O)CNC(=O)C1CCCN1c1ncnc(Oc2ccc(Cl)cc2F)c1[N+](=O)[O-]. The molecule has 0 spiro atoms. The predicted octanol–water partition coefficient (Wildman–Crippen LogP) is 1.54. The number of primary amides is 1. The van der Waals surface area contributed by atoms with Gasteiger partial charge in [-0.3, -0.25) is 19.7 Å². The lowest BCUT2D eigenvalue weighted by Crippen LogP contribution is -2.46. The number of nitrogens with zero attached hydrogens (tertiary/aromatic N) is 4. The topological polar surface area (TPSA) is 154 Å². The molecule has 13 heteroatoms. The van der Waals surface area contributed by atoms with Gasteiger partial charge in [0.1, 0.15) is 12.4 Å². The van der Waals surface area contributed by atoms with E-state index in [0.717, 1.165) is 12.4 Å². The van der Waals surface area contributed by atoms with E-state index in [9.17, 15) is 24.1 Å². The van der Waals surface area contributed by atoms with Crippen LogP contribution in [0.2, 0.25) is 5.02 Å². The van der Waals surface area contributed by atoms with Gasteiger partial charge in [0.2, 0.25) is 17.6 Å². The number of hydrogen-bond donors (Lipinski definition) is 2. The van der Waals surface area contributed by atoms with Crippen LogP contribution in [0.5, 0.6) is 11.6 Å². The molecule has 1 aromatic carbocycles. The minimum Gasteiger partial charge on any atom is -0.430 e. The van der Waals surface area contributed by atoms with Crippen LogP contribution in [0.4, 0.5) is 15.9 Å². The molecule has 1 fully saturated rings. The summed E-state index contributed by atoms with van der Waals surface area (Å²) in [5.74, 6) is -3.04. The van der Waals surface area contributed by atoms with Crippen LogP contribution in [0.1, 0.15) is 12.8 Å². The van der Waals surface area contributed by atoms with Crippen LogP contribution in [0.3, 0.4) is 0 Å². The van der Waals surface area contributed by atoms with Crippen LogP contribution in [-0.2, 0) is 9.59 Å². The number of rotatable bonds is 7. The molecular weight excluding hydrogens is 423 g/mol. The molecule has 2 amide bonds. The lowest BCUT2D eigenvalue weighted by Gasteiger charge is -2.24. The fraction of sp³-hybridized carbons (Fsp3) is 0.294. The summed E-state index contributed by atoms with van der Waals surface area (Å²) < 4.78 is 19.4. The molecule has 1 unspecified atom stereocenters. The highest BCUT2D eigenvalue weighted by Gasteiger charge is 2.38. The predicted molar refractivity (Wildman–Crippen MR) is 103 cm³/mol. The van der Waals surface area contributed by atoms with Gasteiger partial charge in [-0.25, -0.2) is 9.37 Å². The number of benzene rings is 1. The molecule has 0 saturated carbocycles. The van der Waals surface area contributed by atoms with Crippen LogP contribution >= 0.6 is 11.6 Å². The largest absolute Gasteiger partial charge is 0.430 e. The first kappa shape index (κ1) is 21.2. The van der Waals surface area contributed by atoms with Gasteiger partial charge in [-0.2, -0.15) is 4.98 Å². The minimum absolute atomic E-state index is 0.125. The zero-order valence-electron chi connectivity index (χ0n) is 15.4. The summed E-state index contributed by atoms with van der Waals surface area (Å²) >= 11 is 5.70. The molecule has 1 aliphatic heterocycles. The summed E-state index contributed by atoms with van der Waals surface area (Å²) in [6.45, 7) is -0.0689. The van der Waals surface area contributed by atoms with Gasteiger partial charge in [0, 0.05) is 11.6 Å². The van der Waals surface area contributed by atoms with E-state index in [2.05, 4.69) is 15.3 Å². The molecule has 158 valence electrons. The Hall–Kier alpha value is -3.54. The summed E-state index contributed by atoms with van der Waals surface area (Å²) in [4.78, 5) is 43.4. The van der Waals surface area contributed by atoms with Crippen LogP contribution < -0.4 is 20.7 Å². The zero-order chi connectivity index (χ0) is 21.8. The van der Waals surface area contributed by atoms with Crippen molar-refractivity contribution in [2.24, 2.45) is 5.73 Å². The maximum atomic E-state index is 14.1. The summed E-state index contributed by atoms with van der Waals surface area (Å²) in [5.41, 5.74) is 4.41. The molecule has 0 bridgehead atoms. The first-order valence-corrected chi connectivity index (χ1v) is 9.10. The second kappa shape index (κ2) is 8.86. The molecule has 1 aromatic heterocycles. The van der Waals surface area contributed by atoms with Crippen molar-refractivity contribution in [3.8, 4) is 11.6 Å². The van der Waals surface area contributed by atoms with E-state index >= 15 is 0 Å². The van der Waals surface area contributed by atoms with Crippen molar-refractivity contribution in [1.29, 1.82) is 0 Å². The molecule has 3 N–H and O–H groups in total. The van der Waals surface area contributed by atoms with Crippen LogP contribution in [0.25, 0.3) is 0 Å². The number of carbonyl (C=O) groups excluding carboxylic acids is 2. The van der Waals surface area contributed by atoms with Gasteiger partial charge in [0.25, 0.3) is 0 Å². The van der Waals surface area contributed by atoms with Crippen molar-refractivity contribution in [3.63, 3.8) is 0 Å². The number of hydrogen-bond acceptors (Lipinski definition) is 8. The Morgan fingerprint density at radius 2 is 2.20 bits per heavy atom. The maximum absolute atomic E-state index is 14.1. The van der Waals surface area contributed by atoms with Gasteiger partial charge >= 0.3 is 11.6 Å². The number of halogens is 2. The van der Waals surface area contributed by atoms with E-state index in [-0.39, 0.29) is 23.1 Å². The van der Waals surface area contributed by atoms with Crippen molar-refractivity contribution in [2.45, 2.75) is 18.9 Å². The van der Waals surface area contributed by atoms with Gasteiger partial charge < -0.3 is 20.7 Å². The van der Waals surface area contributed by atoms with Crippen molar-refractivity contribution in [3.05, 3.63) is 45.5 Å². The summed E-state index contributed by atoms with van der Waals surface area (Å²) in [6.07, 6.45) is 1.95. The molecule has 0 aliphatic carbocycles. The van der Waals surface area contributed by atoms with E-state index in [1.54, 1.807) is 0 Å². The molecule has 3 rings (SSSR count). The van der Waals surface area contributed by atoms with Crippen molar-refractivity contribution in [1.82, 2.24) is 15.3 Å². The highest BCUT2D eigenvalue weighted by Crippen LogP contribution is 2.39. The third-order valence-electron chi connectivity index (χ3n) is 4.32. The minimum atomic E-state index is -0.832. The number of nitrogens with one attached hydrogen (secondary N) is 1. The molecule has 30 heavy (non-hydrogen) atoms. The van der Waals surface area contributed by atoms with Crippen LogP contribution in [0.15, 0.2) is 24.5 Å². The number of aromatic nitrogens is 2. The Bertz CT molecular complexity index is 1010. The van der Waals surface area contributed by atoms with Gasteiger partial charge in [0.05, 0.1) is 11.5 Å². The van der Waals surface area contributed by atoms with E-state index in [0.29, 0.717) is 19.4 Å². The number of nitrogens with two attached hydrogens (primary N) is 1. The number of anilines is 1. The van der Waals surface area contributed by atoms with E-state index in [4.69, 9.17) is 22.1 Å². The Morgan fingerprint density at radius 3 is 2.87 bits per heavy atom. The third kappa shape index (κ3) is 4.54. The lowest BCUT2D eigenvalue weighted by atomic mass is 10.2. The van der Waals surface area contributed by atoms with Crippen molar-refractivity contribution >= 4 is 34.9 Å². The van der Waals surface area contributed by atoms with Gasteiger partial charge in [-0.05, 0) is 31.0 Å². The Labute approximate surface area is 174 Å². The van der Waals surface area contributed by atoms with Gasteiger partial charge in [-0.15, -0.1) is 0 Å². The highest BCUT2D eigenvalue weighted by molar-refractivity contribution is 6.30. The standard InChI is InChI=1S/C17H16ClFN6O5/c18-9-3-4-12(10(19)6-9)30-17-14(25(28)29)15(22-8-23-17)24-5-1-2-11(24)16(27)21-7-13(20)26/h3-4,6,8,11H,1-2,5,7H2,(H2,20,26)(H,21,27). The maximum Gasteiger partial charge on any atom is 0.373 e. The first-order chi connectivity index (χ1) is 14.3. The first-order valence-electron chi connectivity index (χ1n) is 8.73. The van der Waals surface area contributed by atoms with Crippen molar-refractivity contribution < 1.29 is 23.6 Å². The summed E-state index contributed by atoms with van der Waals surface area (Å²) in [7, 11) is 0. The van der Waals surface area contributed by atoms with Crippen molar-refractivity contribution in [2.75, 3.05) is 18.0 Å². The molecule has 2 heterocycles. The molecule has 1 atom stereocenters. The highest BCUT2D eigenvalue weighted by atomic mass is 35.5. The summed E-state index contributed by atoms with van der Waals surface area (Å²) in [5, 5.41) is 14.3. The van der Waals surface area contributed by atoms with Gasteiger partial charge in [0.15, 0.2) is 11.6 Å². The Morgan fingerprint density at radius 1 is 1.43 bits per heavy atom. The normalized spacial score (nSPS) is 15.7. The quantitative estimate of drug-likeness (QED) is 0.487. The fourth-order valence-electron chi connectivity index (χ4n) is 3.05. The second-order valence-electron chi connectivity index (χ2n) is 6.32. The van der Waals surface area contributed by atoms with E-state index < -0.39 is 40.2 Å². The van der Waals surface area contributed by atoms with Crippen LogP contribution in [-0.4, -0.2) is 45.8 Å². The smallest absolute Gasteiger partial charge is 0.373 e. The molecule has 2 aromatic rings. The number of carbonyl (C=O) groups is 2. The summed E-state index contributed by atoms with van der Waals surface area (Å²) in [6, 6.07) is 2.75. The molecule has 1 saturated heterocycles. The average molecular weight is 439 g/mol. The third-order valence-corrected chi connectivity index (χ3v) is 4.55. The molecule has 11 nitrogen and oxygen atoms in total. The van der Waals surface area contributed by atoms with Gasteiger partial charge in [-0.1, -0.05) is 11.6 Å². The zero-order valence-corrected chi connectivity index (χ0v) is 16.1. The molecule has 1 aliphatic rings. The molecular formula is C17H16ClFN6O5. The Balaban J connectivity index is 1.95. The van der Waals surface area contributed by atoms with E-state index in [1.807, 2.05) is 0 Å². The fourth-order valence-corrected chi connectivity index (χ4v) is 3.20. The van der Waals surface area contributed by atoms with E-state index in [1.165, 1.54) is 17.0 Å². The number of ether oxygens (including phenoxy) is 1. The monoisotopic (exact) mass is 438 g/mol.